The second-order valence-electron chi connectivity index (χ2n) is 6.61. The van der Waals surface area contributed by atoms with E-state index < -0.39 is 0 Å². The Kier molecular flexibility index (Phi) is 8.11. The molecule has 0 spiro atoms. The van der Waals surface area contributed by atoms with Gasteiger partial charge in [0.2, 0.25) is 5.91 Å². The number of unbranched alkanes of at least 4 members (excludes halogenated alkanes) is 1. The molecule has 1 amide bonds. The van der Waals surface area contributed by atoms with E-state index in [-0.39, 0.29) is 5.91 Å². The molecule has 0 radical (unpaired) electrons. The lowest BCUT2D eigenvalue weighted by molar-refractivity contribution is -0.125. The summed E-state index contributed by atoms with van der Waals surface area (Å²) in [7, 11) is 1.60. The monoisotopic (exact) mass is 386 g/mol. The van der Waals surface area contributed by atoms with Crippen LogP contribution in [-0.4, -0.2) is 36.2 Å². The first-order valence-corrected chi connectivity index (χ1v) is 9.69. The Hall–Kier alpha value is -2.76. The molecular weight excluding hydrogens is 356 g/mol. The summed E-state index contributed by atoms with van der Waals surface area (Å²) in [5.74, 6) is 2.01. The third-order valence-electron chi connectivity index (χ3n) is 4.63. The normalized spacial score (nSPS) is 11.0. The van der Waals surface area contributed by atoms with Crippen molar-refractivity contribution in [3.8, 4) is 11.5 Å². The Morgan fingerprint density at radius 2 is 2.04 bits per heavy atom. The van der Waals surface area contributed by atoms with Crippen molar-refractivity contribution in [1.29, 1.82) is 0 Å². The first kappa shape index (κ1) is 21.5. The summed E-state index contributed by atoms with van der Waals surface area (Å²) in [6.07, 6.45) is 5.49. The van der Waals surface area contributed by atoms with Crippen LogP contribution in [0.3, 0.4) is 0 Å². The van der Waals surface area contributed by atoms with E-state index in [0.717, 1.165) is 42.0 Å². The van der Waals surface area contributed by atoms with E-state index in [9.17, 15) is 4.79 Å². The van der Waals surface area contributed by atoms with Crippen LogP contribution < -0.4 is 9.47 Å². The number of ether oxygens (including phenoxy) is 2. The Balaban J connectivity index is 2.06. The molecule has 0 atom stereocenters. The van der Waals surface area contributed by atoms with Crippen LogP contribution in [0.4, 0.5) is 0 Å². The second-order valence-corrected chi connectivity index (χ2v) is 6.61. The summed E-state index contributed by atoms with van der Waals surface area (Å²) in [6, 6.07) is 5.60. The summed E-state index contributed by atoms with van der Waals surface area (Å²) in [5, 5.41) is 3.93. The maximum atomic E-state index is 12.3. The Morgan fingerprint density at radius 1 is 1.25 bits per heavy atom. The summed E-state index contributed by atoms with van der Waals surface area (Å²) < 4.78 is 16.5. The van der Waals surface area contributed by atoms with Gasteiger partial charge in [-0.05, 0) is 51.0 Å². The number of rotatable bonds is 10. The molecule has 0 aliphatic heterocycles. The predicted octanol–water partition coefficient (Wildman–Crippen LogP) is 4.54. The zero-order valence-electron chi connectivity index (χ0n) is 17.4. The number of benzene rings is 1. The summed E-state index contributed by atoms with van der Waals surface area (Å²) >= 11 is 0. The maximum absolute atomic E-state index is 12.3. The fourth-order valence-electron chi connectivity index (χ4n) is 2.81. The van der Waals surface area contributed by atoms with E-state index in [2.05, 4.69) is 12.1 Å². The van der Waals surface area contributed by atoms with Crippen LogP contribution in [-0.2, 0) is 11.4 Å². The van der Waals surface area contributed by atoms with E-state index in [1.165, 1.54) is 0 Å². The molecule has 0 saturated heterocycles. The molecule has 0 bridgehead atoms. The van der Waals surface area contributed by atoms with Gasteiger partial charge in [-0.2, -0.15) is 0 Å². The number of carbonyl (C=O) groups is 1. The summed E-state index contributed by atoms with van der Waals surface area (Å²) in [4.78, 5) is 14.2. The van der Waals surface area contributed by atoms with Gasteiger partial charge in [0.05, 0.1) is 18.4 Å². The van der Waals surface area contributed by atoms with Gasteiger partial charge < -0.3 is 18.9 Å². The third-order valence-corrected chi connectivity index (χ3v) is 4.63. The quantitative estimate of drug-likeness (QED) is 0.561. The standard InChI is InChI=1S/C22H30N2O4/c1-6-8-13-24(7-2)22(25)12-10-18-9-11-20(21(14-18)26-5)27-15-19-16(3)23-28-17(19)4/h9-12,14H,6-8,13,15H2,1-5H3/b12-10+. The lowest BCUT2D eigenvalue weighted by Gasteiger charge is -2.18. The lowest BCUT2D eigenvalue weighted by Crippen LogP contribution is -2.30. The fourth-order valence-corrected chi connectivity index (χ4v) is 2.81. The highest BCUT2D eigenvalue weighted by Crippen LogP contribution is 2.30. The number of amides is 1. The molecular formula is C22H30N2O4. The number of carbonyl (C=O) groups excluding carboxylic acids is 1. The molecule has 0 aliphatic rings. The molecule has 0 aliphatic carbocycles. The highest BCUT2D eigenvalue weighted by atomic mass is 16.5. The van der Waals surface area contributed by atoms with Gasteiger partial charge in [0.15, 0.2) is 11.5 Å². The van der Waals surface area contributed by atoms with E-state index in [1.54, 1.807) is 19.3 Å². The van der Waals surface area contributed by atoms with Crippen molar-refractivity contribution >= 4 is 12.0 Å². The molecule has 1 heterocycles. The highest BCUT2D eigenvalue weighted by Gasteiger charge is 2.12. The minimum absolute atomic E-state index is 0.0219. The van der Waals surface area contributed by atoms with Gasteiger partial charge in [-0.25, -0.2) is 0 Å². The van der Waals surface area contributed by atoms with Gasteiger partial charge in [-0.3, -0.25) is 4.79 Å². The van der Waals surface area contributed by atoms with Crippen LogP contribution in [0, 0.1) is 13.8 Å². The molecule has 1 aromatic heterocycles. The van der Waals surface area contributed by atoms with Gasteiger partial charge in [0, 0.05) is 19.2 Å². The Bertz CT molecular complexity index is 791. The van der Waals surface area contributed by atoms with Crippen molar-refractivity contribution in [1.82, 2.24) is 10.1 Å². The first-order valence-electron chi connectivity index (χ1n) is 9.69. The van der Waals surface area contributed by atoms with Gasteiger partial charge in [-0.15, -0.1) is 0 Å². The molecule has 28 heavy (non-hydrogen) atoms. The van der Waals surface area contributed by atoms with E-state index in [1.807, 2.05) is 43.9 Å². The molecule has 0 N–H and O–H groups in total. The van der Waals surface area contributed by atoms with Crippen LogP contribution in [0.25, 0.3) is 6.08 Å². The van der Waals surface area contributed by atoms with E-state index >= 15 is 0 Å². The molecule has 152 valence electrons. The first-order chi connectivity index (χ1) is 13.5. The number of hydrogen-bond donors (Lipinski definition) is 0. The SMILES string of the molecule is CCCCN(CC)C(=O)/C=C/c1ccc(OCc2c(C)noc2C)c(OC)c1. The molecule has 2 aromatic rings. The summed E-state index contributed by atoms with van der Waals surface area (Å²) in [5.41, 5.74) is 2.63. The molecule has 0 unspecified atom stereocenters. The van der Waals surface area contributed by atoms with Crippen molar-refractivity contribution in [2.45, 2.75) is 47.1 Å². The average molecular weight is 386 g/mol. The zero-order chi connectivity index (χ0) is 20.5. The van der Waals surface area contributed by atoms with Crippen molar-refractivity contribution in [2.24, 2.45) is 0 Å². The number of aromatic nitrogens is 1. The predicted molar refractivity (Wildman–Crippen MR) is 109 cm³/mol. The minimum Gasteiger partial charge on any atom is -0.493 e. The number of nitrogens with zero attached hydrogens (tertiary/aromatic N) is 2. The minimum atomic E-state index is 0.0219. The smallest absolute Gasteiger partial charge is 0.246 e. The van der Waals surface area contributed by atoms with Crippen molar-refractivity contribution in [2.75, 3.05) is 20.2 Å². The van der Waals surface area contributed by atoms with Gasteiger partial charge >= 0.3 is 0 Å². The highest BCUT2D eigenvalue weighted by molar-refractivity contribution is 5.91. The number of aryl methyl sites for hydroxylation is 2. The van der Waals surface area contributed by atoms with E-state index in [4.69, 9.17) is 14.0 Å². The second kappa shape index (κ2) is 10.5. The van der Waals surface area contributed by atoms with Crippen LogP contribution in [0.5, 0.6) is 11.5 Å². The fraction of sp³-hybridized carbons (Fsp3) is 0.455. The maximum Gasteiger partial charge on any atom is 0.246 e. The van der Waals surface area contributed by atoms with Gasteiger partial charge in [-0.1, -0.05) is 24.6 Å². The Morgan fingerprint density at radius 3 is 2.64 bits per heavy atom. The molecule has 6 heteroatoms. The number of likely N-dealkylation sites (N-methyl/N-ethyl adjacent to an activating group) is 1. The number of hydrogen-bond acceptors (Lipinski definition) is 5. The molecule has 6 nitrogen and oxygen atoms in total. The zero-order valence-corrected chi connectivity index (χ0v) is 17.4. The summed E-state index contributed by atoms with van der Waals surface area (Å²) in [6.45, 7) is 9.71. The van der Waals surface area contributed by atoms with E-state index in [0.29, 0.717) is 24.7 Å². The van der Waals surface area contributed by atoms with Crippen molar-refractivity contribution < 1.29 is 18.8 Å². The van der Waals surface area contributed by atoms with Crippen LogP contribution >= 0.6 is 0 Å². The molecule has 1 aromatic carbocycles. The van der Waals surface area contributed by atoms with Crippen molar-refractivity contribution in [3.63, 3.8) is 0 Å². The molecule has 0 saturated carbocycles. The largest absolute Gasteiger partial charge is 0.493 e. The van der Waals surface area contributed by atoms with Gasteiger partial charge in [0.25, 0.3) is 0 Å². The average Bonchev–Trinajstić information content (AvgIpc) is 3.03. The van der Waals surface area contributed by atoms with Crippen molar-refractivity contribution in [3.05, 3.63) is 46.9 Å². The lowest BCUT2D eigenvalue weighted by atomic mass is 10.1. The number of methoxy groups -OCH3 is 1. The molecule has 0 fully saturated rings. The van der Waals surface area contributed by atoms with Crippen LogP contribution in [0.2, 0.25) is 0 Å². The topological polar surface area (TPSA) is 64.8 Å². The van der Waals surface area contributed by atoms with Crippen LogP contribution in [0.15, 0.2) is 28.8 Å². The molecule has 2 rings (SSSR count). The Labute approximate surface area is 167 Å². The van der Waals surface area contributed by atoms with Crippen LogP contribution in [0.1, 0.15) is 49.3 Å². The van der Waals surface area contributed by atoms with Gasteiger partial charge in [0.1, 0.15) is 12.4 Å². The third kappa shape index (κ3) is 5.62.